The van der Waals surface area contributed by atoms with Gasteiger partial charge in [-0.1, -0.05) is 47.6 Å². The van der Waals surface area contributed by atoms with Gasteiger partial charge in [0.2, 0.25) is 0 Å². The number of benzene rings is 2. The molecule has 0 aliphatic rings. The molecule has 0 radical (unpaired) electrons. The summed E-state index contributed by atoms with van der Waals surface area (Å²) in [5.74, 6) is -0.110. The van der Waals surface area contributed by atoms with Crippen molar-refractivity contribution < 1.29 is 22.5 Å². The number of aryl methyl sites for hydroxylation is 1. The average molecular weight is 386 g/mol. The van der Waals surface area contributed by atoms with Gasteiger partial charge in [-0.05, 0) is 24.6 Å². The summed E-state index contributed by atoms with van der Waals surface area (Å²) in [6.45, 7) is 1.46. The Kier molecular flexibility index (Phi) is 5.38. The molecule has 27 heavy (non-hydrogen) atoms. The third-order valence-corrected chi connectivity index (χ3v) is 5.28. The lowest BCUT2D eigenvalue weighted by atomic mass is 10.00. The fourth-order valence-electron chi connectivity index (χ4n) is 2.68. The van der Waals surface area contributed by atoms with Gasteiger partial charge in [0.25, 0.3) is 15.9 Å². The van der Waals surface area contributed by atoms with Crippen molar-refractivity contribution in [3.05, 3.63) is 60.4 Å². The van der Waals surface area contributed by atoms with Crippen LogP contribution in [0.1, 0.15) is 5.76 Å². The summed E-state index contributed by atoms with van der Waals surface area (Å²) in [6, 6.07) is 15.7. The third-order valence-electron chi connectivity index (χ3n) is 3.89. The van der Waals surface area contributed by atoms with E-state index in [9.17, 15) is 13.2 Å². The van der Waals surface area contributed by atoms with Crippen molar-refractivity contribution >= 4 is 15.9 Å². The molecule has 3 aromatic rings. The number of amides is 1. The zero-order valence-corrected chi connectivity index (χ0v) is 15.6. The van der Waals surface area contributed by atoms with E-state index < -0.39 is 15.9 Å². The summed E-state index contributed by atoms with van der Waals surface area (Å²) < 4.78 is 36.4. The highest BCUT2D eigenvalue weighted by Gasteiger charge is 2.20. The second-order valence-electron chi connectivity index (χ2n) is 5.81. The topological polar surface area (TPSA) is 98.5 Å². The highest BCUT2D eigenvalue weighted by molar-refractivity contribution is 7.90. The molecule has 0 spiro atoms. The van der Waals surface area contributed by atoms with Crippen molar-refractivity contribution in [1.29, 1.82) is 0 Å². The minimum absolute atomic E-state index is 0.0222. The number of hydrogen-bond donors (Lipinski definition) is 1. The van der Waals surface area contributed by atoms with Gasteiger partial charge in [-0.2, -0.15) is 0 Å². The maximum Gasteiger partial charge on any atom is 0.264 e. The van der Waals surface area contributed by atoms with Crippen LogP contribution in [-0.4, -0.2) is 33.2 Å². The molecule has 0 bridgehead atoms. The molecule has 0 aliphatic carbocycles. The number of aromatic nitrogens is 1. The average Bonchev–Trinajstić information content (AvgIpc) is 3.04. The monoisotopic (exact) mass is 386 g/mol. The molecule has 0 saturated heterocycles. The number of sulfonamides is 1. The fraction of sp³-hybridized carbons (Fsp3) is 0.158. The lowest BCUT2D eigenvalue weighted by Gasteiger charge is -2.08. The maximum atomic E-state index is 12.3. The first-order valence-electron chi connectivity index (χ1n) is 8.09. The van der Waals surface area contributed by atoms with Crippen molar-refractivity contribution in [3.63, 3.8) is 0 Å². The summed E-state index contributed by atoms with van der Waals surface area (Å²) in [7, 11) is -2.65. The number of carbonyl (C=O) groups excluding carboxylic acids is 1. The molecule has 0 atom stereocenters. The molecular weight excluding hydrogens is 368 g/mol. The summed E-state index contributed by atoms with van der Waals surface area (Å²) in [4.78, 5) is 11.5. The number of methoxy groups -OCH3 is 1. The number of nitrogens with zero attached hydrogens (tertiary/aromatic N) is 1. The Bertz CT molecular complexity index is 1040. The van der Waals surface area contributed by atoms with Crippen LogP contribution < -0.4 is 4.72 Å². The van der Waals surface area contributed by atoms with Crippen LogP contribution in [0.25, 0.3) is 22.4 Å². The van der Waals surface area contributed by atoms with Crippen molar-refractivity contribution in [2.75, 3.05) is 13.7 Å². The number of nitrogens with one attached hydrogen (secondary N) is 1. The lowest BCUT2D eigenvalue weighted by Crippen LogP contribution is -2.33. The van der Waals surface area contributed by atoms with Gasteiger partial charge in [-0.3, -0.25) is 4.79 Å². The third kappa shape index (κ3) is 4.07. The van der Waals surface area contributed by atoms with Gasteiger partial charge < -0.3 is 9.26 Å². The van der Waals surface area contributed by atoms with Crippen LogP contribution in [0.4, 0.5) is 0 Å². The standard InChI is InChI=1S/C19H18N2O5S/c1-13-18(19(20-26-13)15-6-4-3-5-7-15)14-8-10-16(11-9-14)27(23,24)21-17(22)12-25-2/h3-11H,12H2,1-2H3,(H,21,22). The SMILES string of the molecule is COCC(=O)NS(=O)(=O)c1ccc(-c2c(-c3ccccc3)noc2C)cc1. The van der Waals surface area contributed by atoms with Crippen LogP contribution in [0.15, 0.2) is 64.0 Å². The molecule has 8 heteroatoms. The number of rotatable bonds is 6. The quantitative estimate of drug-likeness (QED) is 0.699. The van der Waals surface area contributed by atoms with Crippen molar-refractivity contribution in [2.45, 2.75) is 11.8 Å². The van der Waals surface area contributed by atoms with Gasteiger partial charge >= 0.3 is 0 Å². The Morgan fingerprint density at radius 1 is 1.07 bits per heavy atom. The van der Waals surface area contributed by atoms with E-state index in [2.05, 4.69) is 9.89 Å². The molecule has 7 nitrogen and oxygen atoms in total. The smallest absolute Gasteiger partial charge is 0.264 e. The number of hydrogen-bond acceptors (Lipinski definition) is 6. The molecule has 1 aromatic heterocycles. The van der Waals surface area contributed by atoms with Gasteiger partial charge in [0, 0.05) is 12.7 Å². The van der Waals surface area contributed by atoms with Crippen LogP contribution in [0.2, 0.25) is 0 Å². The Hall–Kier alpha value is -2.97. The summed E-state index contributed by atoms with van der Waals surface area (Å²) in [6.07, 6.45) is 0. The minimum Gasteiger partial charge on any atom is -0.375 e. The van der Waals surface area contributed by atoms with Gasteiger partial charge in [0.05, 0.1) is 10.5 Å². The zero-order chi connectivity index (χ0) is 19.4. The molecule has 1 amide bonds. The molecule has 0 saturated carbocycles. The highest BCUT2D eigenvalue weighted by atomic mass is 32.2. The van der Waals surface area contributed by atoms with Crippen LogP contribution in [0, 0.1) is 6.92 Å². The normalized spacial score (nSPS) is 11.3. The van der Waals surface area contributed by atoms with E-state index in [-0.39, 0.29) is 11.5 Å². The first kappa shape index (κ1) is 18.8. The minimum atomic E-state index is -3.96. The predicted molar refractivity (Wildman–Crippen MR) is 99.3 cm³/mol. The summed E-state index contributed by atoms with van der Waals surface area (Å²) in [5, 5.41) is 4.13. The molecule has 3 rings (SSSR count). The van der Waals surface area contributed by atoms with E-state index in [0.29, 0.717) is 11.5 Å². The lowest BCUT2D eigenvalue weighted by molar-refractivity contribution is -0.122. The first-order chi connectivity index (χ1) is 12.9. The first-order valence-corrected chi connectivity index (χ1v) is 9.57. The summed E-state index contributed by atoms with van der Waals surface area (Å²) in [5.41, 5.74) is 3.12. The maximum absolute atomic E-state index is 12.3. The second kappa shape index (κ2) is 7.73. The number of ether oxygens (including phenoxy) is 1. The fourth-order valence-corrected chi connectivity index (χ4v) is 3.65. The van der Waals surface area contributed by atoms with E-state index in [0.717, 1.165) is 16.7 Å². The van der Waals surface area contributed by atoms with Gasteiger partial charge in [-0.25, -0.2) is 13.1 Å². The van der Waals surface area contributed by atoms with Crippen molar-refractivity contribution in [3.8, 4) is 22.4 Å². The van der Waals surface area contributed by atoms with E-state index in [1.165, 1.54) is 19.2 Å². The van der Waals surface area contributed by atoms with E-state index in [1.807, 2.05) is 35.1 Å². The molecular formula is C19H18N2O5S. The second-order valence-corrected chi connectivity index (χ2v) is 7.50. The van der Waals surface area contributed by atoms with Gasteiger partial charge in [0.15, 0.2) is 0 Å². The van der Waals surface area contributed by atoms with Crippen LogP contribution in [0.5, 0.6) is 0 Å². The van der Waals surface area contributed by atoms with Gasteiger partial charge in [-0.15, -0.1) is 0 Å². The Morgan fingerprint density at radius 2 is 1.74 bits per heavy atom. The van der Waals surface area contributed by atoms with Crippen LogP contribution >= 0.6 is 0 Å². The summed E-state index contributed by atoms with van der Waals surface area (Å²) >= 11 is 0. The highest BCUT2D eigenvalue weighted by Crippen LogP contribution is 2.34. The van der Waals surface area contributed by atoms with Crippen molar-refractivity contribution in [2.24, 2.45) is 0 Å². The molecule has 0 unspecified atom stereocenters. The molecule has 1 heterocycles. The Balaban J connectivity index is 1.93. The van der Waals surface area contributed by atoms with E-state index >= 15 is 0 Å². The Labute approximate surface area is 157 Å². The van der Waals surface area contributed by atoms with Crippen molar-refractivity contribution in [1.82, 2.24) is 9.88 Å². The largest absolute Gasteiger partial charge is 0.375 e. The molecule has 140 valence electrons. The molecule has 2 aromatic carbocycles. The van der Waals surface area contributed by atoms with Gasteiger partial charge in [0.1, 0.15) is 18.1 Å². The molecule has 0 fully saturated rings. The zero-order valence-electron chi connectivity index (χ0n) is 14.8. The van der Waals surface area contributed by atoms with E-state index in [4.69, 9.17) is 4.52 Å². The Morgan fingerprint density at radius 3 is 2.37 bits per heavy atom. The van der Waals surface area contributed by atoms with E-state index in [1.54, 1.807) is 19.1 Å². The molecule has 0 aliphatic heterocycles. The van der Waals surface area contributed by atoms with Crippen LogP contribution in [0.3, 0.4) is 0 Å². The number of carbonyl (C=O) groups is 1. The predicted octanol–water partition coefficient (Wildman–Crippen LogP) is 2.77. The van der Waals surface area contributed by atoms with Crippen LogP contribution in [-0.2, 0) is 19.6 Å². The molecule has 1 N–H and O–H groups in total.